The van der Waals surface area contributed by atoms with Crippen molar-refractivity contribution in [3.8, 4) is 11.5 Å². The highest BCUT2D eigenvalue weighted by atomic mass is 16.5. The molecule has 0 aliphatic heterocycles. The van der Waals surface area contributed by atoms with Gasteiger partial charge in [-0.05, 0) is 78.6 Å². The summed E-state index contributed by atoms with van der Waals surface area (Å²) >= 11 is 0. The average Bonchev–Trinajstić information content (AvgIpc) is 2.66. The molecule has 0 aromatic heterocycles. The Morgan fingerprint density at radius 2 is 1.58 bits per heavy atom. The molecule has 2 aliphatic rings. The summed E-state index contributed by atoms with van der Waals surface area (Å²) in [5.41, 5.74) is 7.32. The summed E-state index contributed by atoms with van der Waals surface area (Å²) in [7, 11) is 3.48. The van der Waals surface area contributed by atoms with Crippen molar-refractivity contribution in [1.82, 2.24) is 0 Å². The Morgan fingerprint density at radius 3 is 2.38 bits per heavy atom. The van der Waals surface area contributed by atoms with Crippen molar-refractivity contribution < 1.29 is 9.47 Å². The fourth-order valence-corrected chi connectivity index (χ4v) is 4.19. The van der Waals surface area contributed by atoms with Gasteiger partial charge in [-0.2, -0.15) is 0 Å². The normalized spacial score (nSPS) is 19.1. The number of methoxy groups -OCH3 is 2. The van der Waals surface area contributed by atoms with Crippen LogP contribution in [0.25, 0.3) is 6.08 Å². The summed E-state index contributed by atoms with van der Waals surface area (Å²) in [6.45, 7) is 0. The Kier molecular flexibility index (Phi) is 4.05. The van der Waals surface area contributed by atoms with Crippen LogP contribution >= 0.6 is 0 Å². The Balaban J connectivity index is 1.69. The number of benzene rings is 2. The van der Waals surface area contributed by atoms with Crippen LogP contribution in [0.15, 0.2) is 42.0 Å². The Hall–Kier alpha value is -2.22. The fraction of sp³-hybridized carbons (Fsp3) is 0.364. The topological polar surface area (TPSA) is 18.5 Å². The van der Waals surface area contributed by atoms with Crippen LogP contribution in [0.4, 0.5) is 0 Å². The summed E-state index contributed by atoms with van der Waals surface area (Å²) in [4.78, 5) is 0. The number of hydrogen-bond acceptors (Lipinski definition) is 2. The molecule has 0 fully saturated rings. The highest BCUT2D eigenvalue weighted by Gasteiger charge is 2.25. The molecule has 24 heavy (non-hydrogen) atoms. The van der Waals surface area contributed by atoms with E-state index < -0.39 is 0 Å². The maximum Gasteiger partial charge on any atom is 0.119 e. The maximum absolute atomic E-state index is 5.40. The van der Waals surface area contributed by atoms with Gasteiger partial charge >= 0.3 is 0 Å². The van der Waals surface area contributed by atoms with E-state index in [0.717, 1.165) is 24.3 Å². The molecule has 0 radical (unpaired) electrons. The van der Waals surface area contributed by atoms with Crippen LogP contribution < -0.4 is 9.47 Å². The number of aryl methyl sites for hydroxylation is 2. The lowest BCUT2D eigenvalue weighted by Gasteiger charge is -2.30. The molecule has 2 nitrogen and oxygen atoms in total. The van der Waals surface area contributed by atoms with Crippen LogP contribution in [-0.4, -0.2) is 14.2 Å². The standard InChI is InChI=1S/C22H24O2/c1-23-19-9-8-15-12-18(7-6-16(15)13-19)21-5-3-4-17-14-20(24-2)10-11-22(17)21/h8-14,21H,3-7H2,1-2H3/t21-/m1/s1. The number of ether oxygens (including phenoxy) is 2. The van der Waals surface area contributed by atoms with E-state index in [1.165, 1.54) is 41.5 Å². The summed E-state index contributed by atoms with van der Waals surface area (Å²) in [5.74, 6) is 2.50. The SMILES string of the molecule is COc1ccc2c(c1)CCC([C@H]1CCCc3cc(OC)ccc31)=C2. The summed E-state index contributed by atoms with van der Waals surface area (Å²) in [6, 6.07) is 13.1. The van der Waals surface area contributed by atoms with E-state index in [1.807, 2.05) is 0 Å². The molecule has 0 amide bonds. The second kappa shape index (κ2) is 6.35. The van der Waals surface area contributed by atoms with E-state index in [4.69, 9.17) is 9.47 Å². The predicted molar refractivity (Wildman–Crippen MR) is 98.0 cm³/mol. The van der Waals surface area contributed by atoms with Gasteiger partial charge in [0.1, 0.15) is 11.5 Å². The van der Waals surface area contributed by atoms with Gasteiger partial charge in [-0.25, -0.2) is 0 Å². The zero-order chi connectivity index (χ0) is 16.5. The Labute approximate surface area is 144 Å². The second-order valence-corrected chi connectivity index (χ2v) is 6.79. The summed E-state index contributed by atoms with van der Waals surface area (Å²) in [6.07, 6.45) is 8.37. The molecule has 1 atom stereocenters. The van der Waals surface area contributed by atoms with E-state index in [0.29, 0.717) is 5.92 Å². The quantitative estimate of drug-likeness (QED) is 0.778. The van der Waals surface area contributed by atoms with Crippen molar-refractivity contribution >= 4 is 6.08 Å². The molecule has 2 aromatic rings. The zero-order valence-electron chi connectivity index (χ0n) is 14.5. The van der Waals surface area contributed by atoms with Crippen molar-refractivity contribution in [3.05, 3.63) is 64.2 Å². The predicted octanol–water partition coefficient (Wildman–Crippen LogP) is 5.15. The van der Waals surface area contributed by atoms with Crippen LogP contribution in [0.3, 0.4) is 0 Å². The minimum absolute atomic E-state index is 0.565. The van der Waals surface area contributed by atoms with Gasteiger partial charge in [0.25, 0.3) is 0 Å². The maximum atomic E-state index is 5.40. The number of fused-ring (bicyclic) bond motifs is 2. The van der Waals surface area contributed by atoms with Gasteiger partial charge in [0.05, 0.1) is 14.2 Å². The van der Waals surface area contributed by atoms with E-state index in [9.17, 15) is 0 Å². The van der Waals surface area contributed by atoms with Crippen molar-refractivity contribution in [2.24, 2.45) is 0 Å². The third kappa shape index (κ3) is 2.71. The third-order valence-electron chi connectivity index (χ3n) is 5.49. The molecule has 124 valence electrons. The van der Waals surface area contributed by atoms with Gasteiger partial charge in [-0.15, -0.1) is 0 Å². The average molecular weight is 320 g/mol. The molecule has 0 N–H and O–H groups in total. The van der Waals surface area contributed by atoms with Gasteiger partial charge in [-0.3, -0.25) is 0 Å². The lowest BCUT2D eigenvalue weighted by molar-refractivity contribution is 0.413. The molecule has 0 saturated heterocycles. The molecule has 2 aliphatic carbocycles. The first-order valence-corrected chi connectivity index (χ1v) is 8.82. The molecule has 0 saturated carbocycles. The van der Waals surface area contributed by atoms with Crippen LogP contribution in [0.1, 0.15) is 47.4 Å². The molecule has 2 heteroatoms. The van der Waals surface area contributed by atoms with Gasteiger partial charge in [-0.1, -0.05) is 23.8 Å². The van der Waals surface area contributed by atoms with E-state index in [1.54, 1.807) is 19.8 Å². The van der Waals surface area contributed by atoms with Crippen molar-refractivity contribution in [1.29, 1.82) is 0 Å². The monoisotopic (exact) mass is 320 g/mol. The molecule has 4 rings (SSSR count). The van der Waals surface area contributed by atoms with Gasteiger partial charge in [0.15, 0.2) is 0 Å². The fourth-order valence-electron chi connectivity index (χ4n) is 4.19. The largest absolute Gasteiger partial charge is 0.497 e. The first-order valence-electron chi connectivity index (χ1n) is 8.82. The van der Waals surface area contributed by atoms with Gasteiger partial charge in [0.2, 0.25) is 0 Å². The minimum atomic E-state index is 0.565. The van der Waals surface area contributed by atoms with Gasteiger partial charge in [0, 0.05) is 5.92 Å². The van der Waals surface area contributed by atoms with Crippen molar-refractivity contribution in [3.63, 3.8) is 0 Å². The number of allylic oxidation sites excluding steroid dienone is 1. The van der Waals surface area contributed by atoms with Gasteiger partial charge < -0.3 is 9.47 Å². The Morgan fingerprint density at radius 1 is 0.833 bits per heavy atom. The Bertz CT molecular complexity index is 789. The highest BCUT2D eigenvalue weighted by Crippen LogP contribution is 2.42. The minimum Gasteiger partial charge on any atom is -0.497 e. The molecule has 0 bridgehead atoms. The highest BCUT2D eigenvalue weighted by molar-refractivity contribution is 5.63. The van der Waals surface area contributed by atoms with E-state index >= 15 is 0 Å². The number of rotatable bonds is 3. The van der Waals surface area contributed by atoms with Crippen LogP contribution in [0, 0.1) is 0 Å². The van der Waals surface area contributed by atoms with Crippen LogP contribution in [-0.2, 0) is 12.8 Å². The first-order chi connectivity index (χ1) is 11.8. The van der Waals surface area contributed by atoms with Crippen molar-refractivity contribution in [2.45, 2.75) is 38.0 Å². The molecule has 2 aromatic carbocycles. The number of hydrogen-bond donors (Lipinski definition) is 0. The molecule has 0 unspecified atom stereocenters. The lowest BCUT2D eigenvalue weighted by Crippen LogP contribution is -2.14. The first kappa shape index (κ1) is 15.3. The van der Waals surface area contributed by atoms with E-state index in [-0.39, 0.29) is 0 Å². The van der Waals surface area contributed by atoms with E-state index in [2.05, 4.69) is 42.5 Å². The molecular formula is C22H24O2. The summed E-state index contributed by atoms with van der Waals surface area (Å²) in [5, 5.41) is 0. The summed E-state index contributed by atoms with van der Waals surface area (Å²) < 4.78 is 10.8. The molecular weight excluding hydrogens is 296 g/mol. The lowest BCUT2D eigenvalue weighted by atomic mass is 9.75. The smallest absolute Gasteiger partial charge is 0.119 e. The van der Waals surface area contributed by atoms with Crippen LogP contribution in [0.2, 0.25) is 0 Å². The zero-order valence-corrected chi connectivity index (χ0v) is 14.5. The molecule has 0 spiro atoms. The van der Waals surface area contributed by atoms with Crippen molar-refractivity contribution in [2.75, 3.05) is 14.2 Å². The third-order valence-corrected chi connectivity index (χ3v) is 5.49. The second-order valence-electron chi connectivity index (χ2n) is 6.79. The van der Waals surface area contributed by atoms with Crippen LogP contribution in [0.5, 0.6) is 11.5 Å². The molecule has 0 heterocycles.